The number of rotatable bonds is 23. The highest BCUT2D eigenvalue weighted by atomic mass is 16.5. The quantitative estimate of drug-likeness (QED) is 0.107. The van der Waals surface area contributed by atoms with Gasteiger partial charge in [-0.2, -0.15) is 0 Å². The van der Waals surface area contributed by atoms with Gasteiger partial charge in [-0.25, -0.2) is 0 Å². The number of likely N-dealkylation sites (tertiary alicyclic amines) is 1. The van der Waals surface area contributed by atoms with Crippen molar-refractivity contribution in [2.24, 2.45) is 23.7 Å². The second kappa shape index (κ2) is 24.4. The number of benzene rings is 2. The third-order valence-electron chi connectivity index (χ3n) is 12.7. The van der Waals surface area contributed by atoms with Gasteiger partial charge in [0.25, 0.3) is 0 Å². The fourth-order valence-corrected chi connectivity index (χ4v) is 8.71. The summed E-state index contributed by atoms with van der Waals surface area (Å²) in [7, 11) is 6.76. The molecule has 1 heterocycles. The van der Waals surface area contributed by atoms with Gasteiger partial charge in [-0.05, 0) is 81.3 Å². The number of anilines is 2. The number of amides is 5. The van der Waals surface area contributed by atoms with Gasteiger partial charge >= 0.3 is 0 Å². The topological polar surface area (TPSA) is 176 Å². The van der Waals surface area contributed by atoms with Gasteiger partial charge in [0, 0.05) is 51.6 Å². The molecular weight excluding hydrogens is 787 g/mol. The molecule has 1 fully saturated rings. The molecule has 2 aromatic rings. The minimum atomic E-state index is -0.898. The normalized spacial score (nSPS) is 18.1. The van der Waals surface area contributed by atoms with E-state index in [9.17, 15) is 24.0 Å². The van der Waals surface area contributed by atoms with Crippen molar-refractivity contribution in [2.75, 3.05) is 45.9 Å². The van der Waals surface area contributed by atoms with Crippen LogP contribution < -0.4 is 21.7 Å². The molecule has 9 atom stereocenters. The maximum Gasteiger partial charge on any atom is 0.247 e. The maximum atomic E-state index is 14.4. The van der Waals surface area contributed by atoms with E-state index in [4.69, 9.17) is 15.2 Å². The molecule has 0 aromatic heterocycles. The molecule has 0 aliphatic carbocycles. The van der Waals surface area contributed by atoms with Gasteiger partial charge in [0.1, 0.15) is 12.1 Å². The second-order valence-corrected chi connectivity index (χ2v) is 18.1. The van der Waals surface area contributed by atoms with Crippen LogP contribution in [0.25, 0.3) is 0 Å². The molecule has 0 spiro atoms. The highest BCUT2D eigenvalue weighted by Gasteiger charge is 2.43. The van der Waals surface area contributed by atoms with E-state index < -0.39 is 48.3 Å². The summed E-state index contributed by atoms with van der Waals surface area (Å²) in [6, 6.07) is 13.4. The van der Waals surface area contributed by atoms with Gasteiger partial charge < -0.3 is 41.0 Å². The van der Waals surface area contributed by atoms with Gasteiger partial charge in [-0.15, -0.1) is 0 Å². The number of hydrogen-bond acceptors (Lipinski definition) is 9. The molecule has 14 nitrogen and oxygen atoms in total. The van der Waals surface area contributed by atoms with Crippen molar-refractivity contribution in [2.45, 2.75) is 143 Å². The molecule has 5 amide bonds. The summed E-state index contributed by atoms with van der Waals surface area (Å²) in [4.78, 5) is 75.9. The summed E-state index contributed by atoms with van der Waals surface area (Å²) in [6.45, 7) is 18.2. The molecule has 0 bridgehead atoms. The highest BCUT2D eigenvalue weighted by Crippen LogP contribution is 2.30. The van der Waals surface area contributed by atoms with Crippen molar-refractivity contribution in [3.8, 4) is 0 Å². The molecule has 0 saturated carbocycles. The summed E-state index contributed by atoms with van der Waals surface area (Å²) < 4.78 is 12.1. The number of ether oxygens (including phenoxy) is 2. The average molecular weight is 864 g/mol. The Morgan fingerprint density at radius 1 is 0.823 bits per heavy atom. The lowest BCUT2D eigenvalue weighted by Crippen LogP contribution is -2.60. The zero-order valence-electron chi connectivity index (χ0n) is 39.6. The van der Waals surface area contributed by atoms with Crippen molar-refractivity contribution in [3.05, 3.63) is 60.2 Å². The van der Waals surface area contributed by atoms with Crippen LogP contribution in [0.1, 0.15) is 93.6 Å². The standard InChI is InChI=1S/C48H77N7O7/c1-14-32(8)43(54(11)48(60)41(29(2)3)52-47(59)42(30(4)5)53(10)31(6)7)39(61-12)28-40(56)55-26-18-21-38(55)44(62-13)33(9)45(57)51-37(27-34-19-16-15-17-20-34)46(58)50-36-24-22-35(49)23-25-36/h15-17,19-20,22-25,29-33,37-39,41-44H,14,18,21,26-28,49H2,1-13H3,(H,50,58)(H,51,57)(H,52,59)/t32-,33+,37-,38-,39+,41-,42-,43-,44+/m0/s1. The van der Waals surface area contributed by atoms with E-state index in [0.717, 1.165) is 18.4 Å². The number of nitrogen functional groups attached to an aromatic ring is 1. The van der Waals surface area contributed by atoms with Crippen LogP contribution in [0.15, 0.2) is 54.6 Å². The number of nitrogens with two attached hydrogens (primary N) is 1. The Bertz CT molecular complexity index is 1740. The highest BCUT2D eigenvalue weighted by molar-refractivity contribution is 5.98. The summed E-state index contributed by atoms with van der Waals surface area (Å²) in [5.41, 5.74) is 7.84. The number of nitrogens with zero attached hydrogens (tertiary/aromatic N) is 3. The zero-order valence-corrected chi connectivity index (χ0v) is 39.6. The first-order valence-electron chi connectivity index (χ1n) is 22.4. The number of nitrogens with one attached hydrogen (secondary N) is 3. The van der Waals surface area contributed by atoms with Crippen LogP contribution in [0.4, 0.5) is 11.4 Å². The Balaban J connectivity index is 1.82. The molecule has 346 valence electrons. The van der Waals surface area contributed by atoms with Gasteiger partial charge in [-0.1, -0.05) is 85.2 Å². The lowest BCUT2D eigenvalue weighted by Gasteiger charge is -2.41. The minimum absolute atomic E-state index is 0.00555. The van der Waals surface area contributed by atoms with Crippen molar-refractivity contribution in [1.29, 1.82) is 0 Å². The number of likely N-dealkylation sites (N-methyl/N-ethyl adjacent to an activating group) is 2. The van der Waals surface area contributed by atoms with Crippen LogP contribution >= 0.6 is 0 Å². The molecule has 2 aromatic carbocycles. The molecule has 62 heavy (non-hydrogen) atoms. The van der Waals surface area contributed by atoms with E-state index in [1.807, 2.05) is 97.7 Å². The number of hydrogen-bond donors (Lipinski definition) is 4. The van der Waals surface area contributed by atoms with Gasteiger partial charge in [0.15, 0.2) is 0 Å². The largest absolute Gasteiger partial charge is 0.399 e. The van der Waals surface area contributed by atoms with Crippen LogP contribution in [0.3, 0.4) is 0 Å². The summed E-state index contributed by atoms with van der Waals surface area (Å²) in [5, 5.41) is 8.98. The van der Waals surface area contributed by atoms with Crippen molar-refractivity contribution in [1.82, 2.24) is 25.3 Å². The first-order valence-corrected chi connectivity index (χ1v) is 22.4. The monoisotopic (exact) mass is 864 g/mol. The molecule has 5 N–H and O–H groups in total. The Morgan fingerprint density at radius 2 is 1.45 bits per heavy atom. The SMILES string of the molecule is CC[C@H](C)[C@@H]([C@@H](CC(=O)N1CCC[C@H]1[C@H](OC)[C@@H](C)C(=O)N[C@@H](Cc1ccccc1)C(=O)Nc1ccc(N)cc1)OC)N(C)C(=O)[C@@H](NC(=O)[C@H](C(C)C)N(C)C(C)C)C(C)C. The van der Waals surface area contributed by atoms with Crippen LogP contribution in [0.2, 0.25) is 0 Å². The predicted molar refractivity (Wildman–Crippen MR) is 246 cm³/mol. The van der Waals surface area contributed by atoms with Gasteiger partial charge in [0.05, 0.1) is 42.7 Å². The molecule has 3 rings (SSSR count). The van der Waals surface area contributed by atoms with Crippen LogP contribution in [-0.2, 0) is 39.9 Å². The lowest BCUT2D eigenvalue weighted by atomic mass is 9.89. The number of carbonyl (C=O) groups excluding carboxylic acids is 5. The summed E-state index contributed by atoms with van der Waals surface area (Å²) in [6.07, 6.45) is 0.982. The van der Waals surface area contributed by atoms with Crippen LogP contribution in [0, 0.1) is 23.7 Å². The molecule has 14 heteroatoms. The molecule has 0 radical (unpaired) electrons. The Kier molecular flexibility index (Phi) is 20.4. The van der Waals surface area contributed by atoms with Crippen LogP contribution in [0.5, 0.6) is 0 Å². The third kappa shape index (κ3) is 13.7. The summed E-state index contributed by atoms with van der Waals surface area (Å²) >= 11 is 0. The van der Waals surface area contributed by atoms with E-state index in [-0.39, 0.29) is 66.2 Å². The van der Waals surface area contributed by atoms with Crippen molar-refractivity contribution >= 4 is 40.9 Å². The van der Waals surface area contributed by atoms with Gasteiger partial charge in [-0.3, -0.25) is 28.9 Å². The van der Waals surface area contributed by atoms with E-state index in [1.54, 1.807) is 55.1 Å². The molecule has 1 aliphatic heterocycles. The molecule has 0 unspecified atom stereocenters. The molecule has 1 aliphatic rings. The first-order chi connectivity index (χ1) is 29.3. The lowest BCUT2D eigenvalue weighted by molar-refractivity contribution is -0.148. The van der Waals surface area contributed by atoms with Gasteiger partial charge in [0.2, 0.25) is 29.5 Å². The Labute approximate surface area is 371 Å². The first kappa shape index (κ1) is 51.8. The fourth-order valence-electron chi connectivity index (χ4n) is 8.71. The fraction of sp³-hybridized carbons (Fsp3) is 0.646. The van der Waals surface area contributed by atoms with Crippen LogP contribution in [-0.4, -0.2) is 128 Å². The predicted octanol–water partition coefficient (Wildman–Crippen LogP) is 5.36. The van der Waals surface area contributed by atoms with E-state index in [1.165, 1.54) is 7.11 Å². The van der Waals surface area contributed by atoms with E-state index in [0.29, 0.717) is 24.3 Å². The average Bonchev–Trinajstić information content (AvgIpc) is 3.72. The maximum absolute atomic E-state index is 14.4. The summed E-state index contributed by atoms with van der Waals surface area (Å²) in [5.74, 6) is -2.32. The van der Waals surface area contributed by atoms with E-state index >= 15 is 0 Å². The number of carbonyl (C=O) groups is 5. The zero-order chi connectivity index (χ0) is 46.4. The Morgan fingerprint density at radius 3 is 1.98 bits per heavy atom. The minimum Gasteiger partial charge on any atom is -0.399 e. The molecular formula is C48H77N7O7. The smallest absolute Gasteiger partial charge is 0.247 e. The number of methoxy groups -OCH3 is 2. The van der Waals surface area contributed by atoms with Crippen molar-refractivity contribution in [3.63, 3.8) is 0 Å². The second-order valence-electron chi connectivity index (χ2n) is 18.1. The third-order valence-corrected chi connectivity index (χ3v) is 12.7. The van der Waals surface area contributed by atoms with Crippen molar-refractivity contribution < 1.29 is 33.4 Å². The van der Waals surface area contributed by atoms with E-state index in [2.05, 4.69) is 16.0 Å². The molecule has 1 saturated heterocycles. The Hall–Kier alpha value is -4.53.